The van der Waals surface area contributed by atoms with Gasteiger partial charge in [0.15, 0.2) is 0 Å². The Morgan fingerprint density at radius 3 is 2.24 bits per heavy atom. The minimum absolute atomic E-state index is 0.126. The number of rotatable bonds is 6. The summed E-state index contributed by atoms with van der Waals surface area (Å²) >= 11 is 1.65. The Morgan fingerprint density at radius 1 is 0.828 bits per heavy atom. The lowest BCUT2D eigenvalue weighted by molar-refractivity contribution is 0.0952. The van der Waals surface area contributed by atoms with Crippen molar-refractivity contribution in [3.05, 3.63) is 105 Å². The van der Waals surface area contributed by atoms with E-state index < -0.39 is 0 Å². The highest BCUT2D eigenvalue weighted by Gasteiger charge is 2.11. The highest BCUT2D eigenvalue weighted by atomic mass is 32.1. The molecular formula is C24H20N2O2S. The standard InChI is InChI=1S/C24H20N2O2S/c27-23(25-15-14-20-7-4-16-29-20)21-12-13-22(26-24(21)28)19-10-8-18(9-11-19)17-5-2-1-3-6-17/h1-13,16H,14-15H2,(H,25,27)(H,26,28). The molecule has 0 atom stereocenters. The molecule has 2 heterocycles. The number of nitrogens with one attached hydrogen (secondary N) is 2. The molecule has 2 aromatic carbocycles. The second-order valence-electron chi connectivity index (χ2n) is 6.64. The summed E-state index contributed by atoms with van der Waals surface area (Å²) in [4.78, 5) is 28.8. The normalized spacial score (nSPS) is 10.6. The first-order valence-corrected chi connectivity index (χ1v) is 10.3. The van der Waals surface area contributed by atoms with Crippen molar-refractivity contribution in [3.63, 3.8) is 0 Å². The van der Waals surface area contributed by atoms with E-state index in [9.17, 15) is 9.59 Å². The van der Waals surface area contributed by atoms with Crippen LogP contribution in [0.1, 0.15) is 15.2 Å². The van der Waals surface area contributed by atoms with Gasteiger partial charge in [-0.05, 0) is 46.7 Å². The fourth-order valence-electron chi connectivity index (χ4n) is 3.14. The van der Waals surface area contributed by atoms with Crippen LogP contribution in [0.3, 0.4) is 0 Å². The number of aromatic nitrogens is 1. The predicted molar refractivity (Wildman–Crippen MR) is 118 cm³/mol. The SMILES string of the molecule is O=C(NCCc1cccs1)c1ccc(-c2ccc(-c3ccccc3)cc2)[nH]c1=O. The molecule has 0 spiro atoms. The maximum absolute atomic E-state index is 12.4. The summed E-state index contributed by atoms with van der Waals surface area (Å²) < 4.78 is 0. The molecule has 4 aromatic rings. The van der Waals surface area contributed by atoms with Gasteiger partial charge in [-0.1, -0.05) is 60.7 Å². The largest absolute Gasteiger partial charge is 0.352 e. The van der Waals surface area contributed by atoms with Gasteiger partial charge in [-0.15, -0.1) is 11.3 Å². The monoisotopic (exact) mass is 400 g/mol. The highest BCUT2D eigenvalue weighted by molar-refractivity contribution is 7.09. The summed E-state index contributed by atoms with van der Waals surface area (Å²) in [7, 11) is 0. The van der Waals surface area contributed by atoms with Crippen LogP contribution >= 0.6 is 11.3 Å². The molecule has 0 saturated carbocycles. The molecule has 0 aliphatic rings. The summed E-state index contributed by atoms with van der Waals surface area (Å²) in [6, 6.07) is 25.5. The molecule has 4 nitrogen and oxygen atoms in total. The number of amides is 1. The van der Waals surface area contributed by atoms with Crippen LogP contribution in [0.15, 0.2) is 89.0 Å². The van der Waals surface area contributed by atoms with Crippen molar-refractivity contribution in [2.45, 2.75) is 6.42 Å². The topological polar surface area (TPSA) is 62.0 Å². The van der Waals surface area contributed by atoms with Gasteiger partial charge in [0.05, 0.1) is 0 Å². The first-order valence-electron chi connectivity index (χ1n) is 9.40. The first kappa shape index (κ1) is 18.9. The van der Waals surface area contributed by atoms with Gasteiger partial charge in [0, 0.05) is 17.1 Å². The number of hydrogen-bond acceptors (Lipinski definition) is 3. The predicted octanol–water partition coefficient (Wildman–Crippen LogP) is 4.74. The van der Waals surface area contributed by atoms with E-state index in [0.29, 0.717) is 12.2 Å². The number of H-pyrrole nitrogens is 1. The molecule has 0 bridgehead atoms. The van der Waals surface area contributed by atoms with Crippen LogP contribution in [0.2, 0.25) is 0 Å². The van der Waals surface area contributed by atoms with Crippen LogP contribution in [0, 0.1) is 0 Å². The van der Waals surface area contributed by atoms with Crippen molar-refractivity contribution in [1.82, 2.24) is 10.3 Å². The number of pyridine rings is 1. The molecule has 0 radical (unpaired) electrons. The zero-order valence-corrected chi connectivity index (χ0v) is 16.5. The van der Waals surface area contributed by atoms with Crippen LogP contribution in [-0.4, -0.2) is 17.4 Å². The van der Waals surface area contributed by atoms with Gasteiger partial charge in [-0.2, -0.15) is 0 Å². The van der Waals surface area contributed by atoms with Crippen LogP contribution in [0.25, 0.3) is 22.4 Å². The van der Waals surface area contributed by atoms with Crippen molar-refractivity contribution < 1.29 is 4.79 Å². The lowest BCUT2D eigenvalue weighted by Crippen LogP contribution is -2.30. The minimum atomic E-state index is -0.386. The Kier molecular flexibility index (Phi) is 5.68. The van der Waals surface area contributed by atoms with Crippen molar-refractivity contribution >= 4 is 17.2 Å². The molecular weight excluding hydrogens is 380 g/mol. The lowest BCUT2D eigenvalue weighted by Gasteiger charge is -2.07. The molecule has 144 valence electrons. The van der Waals surface area contributed by atoms with E-state index in [1.54, 1.807) is 23.5 Å². The van der Waals surface area contributed by atoms with Crippen molar-refractivity contribution in [3.8, 4) is 22.4 Å². The number of benzene rings is 2. The second kappa shape index (κ2) is 8.71. The number of hydrogen-bond donors (Lipinski definition) is 2. The minimum Gasteiger partial charge on any atom is -0.352 e. The fourth-order valence-corrected chi connectivity index (χ4v) is 3.85. The molecule has 4 rings (SSSR count). The first-order chi connectivity index (χ1) is 14.2. The molecule has 0 unspecified atom stereocenters. The van der Waals surface area contributed by atoms with Crippen molar-refractivity contribution in [2.75, 3.05) is 6.54 Å². The van der Waals surface area contributed by atoms with E-state index in [0.717, 1.165) is 23.1 Å². The van der Waals surface area contributed by atoms with Gasteiger partial charge in [-0.25, -0.2) is 0 Å². The quantitative estimate of drug-likeness (QED) is 0.491. The molecule has 0 saturated heterocycles. The Bertz CT molecular complexity index is 1150. The Morgan fingerprint density at radius 2 is 1.55 bits per heavy atom. The van der Waals surface area contributed by atoms with Crippen molar-refractivity contribution in [1.29, 1.82) is 0 Å². The summed E-state index contributed by atoms with van der Waals surface area (Å²) in [5, 5.41) is 4.82. The van der Waals surface area contributed by atoms with Crippen LogP contribution in [-0.2, 0) is 6.42 Å². The average Bonchev–Trinajstić information content (AvgIpc) is 3.28. The fraction of sp³-hybridized carbons (Fsp3) is 0.0833. The zero-order valence-electron chi connectivity index (χ0n) is 15.7. The molecule has 29 heavy (non-hydrogen) atoms. The third-order valence-corrected chi connectivity index (χ3v) is 5.63. The molecule has 2 N–H and O–H groups in total. The maximum atomic E-state index is 12.4. The van der Waals surface area contributed by atoms with Crippen LogP contribution in [0.5, 0.6) is 0 Å². The number of carbonyl (C=O) groups is 1. The van der Waals surface area contributed by atoms with E-state index in [4.69, 9.17) is 0 Å². The lowest BCUT2D eigenvalue weighted by atomic mass is 10.0. The summed E-state index contributed by atoms with van der Waals surface area (Å²) in [6.45, 7) is 0.501. The van der Waals surface area contributed by atoms with E-state index in [2.05, 4.69) is 22.4 Å². The maximum Gasteiger partial charge on any atom is 0.261 e. The Balaban J connectivity index is 1.45. The van der Waals surface area contributed by atoms with E-state index in [-0.39, 0.29) is 17.0 Å². The third kappa shape index (κ3) is 4.52. The van der Waals surface area contributed by atoms with Gasteiger partial charge in [0.25, 0.3) is 11.5 Å². The smallest absolute Gasteiger partial charge is 0.261 e. The number of aromatic amines is 1. The Labute approximate surface area is 172 Å². The molecule has 2 aromatic heterocycles. The summed E-state index contributed by atoms with van der Waals surface area (Å²) in [5.74, 6) is -0.353. The number of carbonyl (C=O) groups excluding carboxylic acids is 1. The van der Waals surface area contributed by atoms with E-state index >= 15 is 0 Å². The second-order valence-corrected chi connectivity index (χ2v) is 7.68. The van der Waals surface area contributed by atoms with Crippen molar-refractivity contribution in [2.24, 2.45) is 0 Å². The van der Waals surface area contributed by atoms with Gasteiger partial charge < -0.3 is 10.3 Å². The zero-order chi connectivity index (χ0) is 20.1. The van der Waals surface area contributed by atoms with E-state index in [1.165, 1.54) is 4.88 Å². The molecule has 0 aliphatic heterocycles. The molecule has 0 fully saturated rings. The molecule has 1 amide bonds. The van der Waals surface area contributed by atoms with Crippen LogP contribution < -0.4 is 10.9 Å². The van der Waals surface area contributed by atoms with Gasteiger partial charge in [-0.3, -0.25) is 9.59 Å². The Hall–Kier alpha value is -3.44. The van der Waals surface area contributed by atoms with Crippen LogP contribution in [0.4, 0.5) is 0 Å². The summed E-state index contributed by atoms with van der Waals surface area (Å²) in [5.41, 5.74) is 3.57. The van der Waals surface area contributed by atoms with Gasteiger partial charge >= 0.3 is 0 Å². The summed E-state index contributed by atoms with van der Waals surface area (Å²) in [6.07, 6.45) is 0.757. The average molecular weight is 401 g/mol. The third-order valence-electron chi connectivity index (χ3n) is 4.69. The van der Waals surface area contributed by atoms with E-state index in [1.807, 2.05) is 60.0 Å². The molecule has 5 heteroatoms. The van der Waals surface area contributed by atoms with Gasteiger partial charge in [0.1, 0.15) is 5.56 Å². The number of thiophene rings is 1. The van der Waals surface area contributed by atoms with Gasteiger partial charge in [0.2, 0.25) is 0 Å². The highest BCUT2D eigenvalue weighted by Crippen LogP contribution is 2.23. The molecule has 0 aliphatic carbocycles.